The van der Waals surface area contributed by atoms with Crippen molar-refractivity contribution in [1.29, 1.82) is 0 Å². The van der Waals surface area contributed by atoms with Crippen LogP contribution in [0, 0.1) is 0 Å². The van der Waals surface area contributed by atoms with Crippen LogP contribution in [0.5, 0.6) is 11.5 Å². The van der Waals surface area contributed by atoms with Gasteiger partial charge in [0.05, 0.1) is 38.1 Å². The minimum Gasteiger partial charge on any atom is -0.490 e. The van der Waals surface area contributed by atoms with E-state index in [4.69, 9.17) is 21.1 Å². The van der Waals surface area contributed by atoms with Crippen LogP contribution in [0.1, 0.15) is 27.4 Å². The third kappa shape index (κ3) is 4.60. The van der Waals surface area contributed by atoms with E-state index in [9.17, 15) is 14.4 Å². The second-order valence-electron chi connectivity index (χ2n) is 5.93. The van der Waals surface area contributed by atoms with Crippen molar-refractivity contribution in [1.82, 2.24) is 9.78 Å². The fourth-order valence-electron chi connectivity index (χ4n) is 2.62. The number of hydrogen-bond acceptors (Lipinski definition) is 8. The summed E-state index contributed by atoms with van der Waals surface area (Å²) in [6.07, 6.45) is 0.728. The Kier molecular flexibility index (Phi) is 6.23. The van der Waals surface area contributed by atoms with Crippen LogP contribution >= 0.6 is 11.6 Å². The number of carbonyl (C=O) groups is 3. The van der Waals surface area contributed by atoms with Gasteiger partial charge in [-0.05, 0) is 0 Å². The van der Waals surface area contributed by atoms with Crippen molar-refractivity contribution in [2.75, 3.05) is 32.8 Å². The molecule has 0 atom stereocenters. The third-order valence-electron chi connectivity index (χ3n) is 3.97. The highest BCUT2D eigenvalue weighted by molar-refractivity contribution is 6.34. The van der Waals surface area contributed by atoms with Gasteiger partial charge in [0.15, 0.2) is 17.2 Å². The summed E-state index contributed by atoms with van der Waals surface area (Å²) in [6, 6.07) is 4.30. The Balaban J connectivity index is 1.80. The molecular weight excluding hydrogens is 406 g/mol. The van der Waals surface area contributed by atoms with Gasteiger partial charge in [-0.3, -0.25) is 4.79 Å². The van der Waals surface area contributed by atoms with Gasteiger partial charge in [0.2, 0.25) is 5.91 Å². The fraction of sp³-hybridized carbons (Fsp3) is 0.333. The van der Waals surface area contributed by atoms with E-state index in [1.54, 1.807) is 12.1 Å². The van der Waals surface area contributed by atoms with Crippen LogP contribution in [-0.2, 0) is 20.8 Å². The Morgan fingerprint density at radius 3 is 2.41 bits per heavy atom. The molecule has 1 aromatic carbocycles. The molecule has 1 N–H and O–H groups in total. The minimum atomic E-state index is -0.755. The fourth-order valence-corrected chi connectivity index (χ4v) is 2.82. The Hall–Kier alpha value is -3.27. The maximum Gasteiger partial charge on any atom is 0.358 e. The van der Waals surface area contributed by atoms with Crippen LogP contribution in [0.4, 0.5) is 5.69 Å². The van der Waals surface area contributed by atoms with Gasteiger partial charge in [-0.15, -0.1) is 0 Å². The van der Waals surface area contributed by atoms with Gasteiger partial charge in [0.25, 0.3) is 0 Å². The van der Waals surface area contributed by atoms with E-state index in [0.29, 0.717) is 30.4 Å². The number of amides is 1. The van der Waals surface area contributed by atoms with Gasteiger partial charge in [0.1, 0.15) is 12.2 Å². The van der Waals surface area contributed by atoms with Crippen LogP contribution < -0.4 is 14.8 Å². The Bertz CT molecular complexity index is 957. The third-order valence-corrected chi connectivity index (χ3v) is 4.29. The summed E-state index contributed by atoms with van der Waals surface area (Å²) in [7, 11) is 2.35. The van der Waals surface area contributed by atoms with Crippen LogP contribution in [0.3, 0.4) is 0 Å². The molecule has 0 saturated heterocycles. The van der Waals surface area contributed by atoms with Gasteiger partial charge in [-0.2, -0.15) is 5.10 Å². The highest BCUT2D eigenvalue weighted by Gasteiger charge is 2.22. The van der Waals surface area contributed by atoms with E-state index in [-0.39, 0.29) is 23.0 Å². The van der Waals surface area contributed by atoms with Crippen molar-refractivity contribution in [3.63, 3.8) is 0 Å². The van der Waals surface area contributed by atoms with Crippen LogP contribution in [-0.4, -0.2) is 55.1 Å². The van der Waals surface area contributed by atoms with Crippen LogP contribution in [0.15, 0.2) is 18.2 Å². The average Bonchev–Trinajstić information content (AvgIpc) is 2.99. The van der Waals surface area contributed by atoms with Crippen molar-refractivity contribution < 1.29 is 33.3 Å². The lowest BCUT2D eigenvalue weighted by Gasteiger charge is -2.13. The molecule has 3 rings (SSSR count). The molecule has 1 aliphatic rings. The minimum absolute atomic E-state index is 0.0761. The monoisotopic (exact) mass is 423 g/mol. The quantitative estimate of drug-likeness (QED) is 0.724. The molecule has 1 aliphatic heterocycles. The normalized spacial score (nSPS) is 12.7. The molecule has 2 aromatic rings. The van der Waals surface area contributed by atoms with Crippen LogP contribution in [0.2, 0.25) is 5.02 Å². The molecule has 0 aliphatic carbocycles. The zero-order chi connectivity index (χ0) is 21.0. The Labute approximate surface area is 170 Å². The lowest BCUT2D eigenvalue weighted by atomic mass is 10.2. The molecule has 11 heteroatoms. The molecule has 0 spiro atoms. The number of nitrogens with zero attached hydrogens (tertiary/aromatic N) is 2. The van der Waals surface area contributed by atoms with Crippen molar-refractivity contribution in [3.05, 3.63) is 34.6 Å². The standard InChI is InChI=1S/C18H18ClN3O7/c1-26-17(24)12-7-13(18(25)27-2)22(21-12)9-16(23)20-11-8-15-14(6-10(11)19)28-4-3-5-29-15/h6-8H,3-5,9H2,1-2H3,(H,20,23). The van der Waals surface area contributed by atoms with Gasteiger partial charge in [0, 0.05) is 24.6 Å². The lowest BCUT2D eigenvalue weighted by Crippen LogP contribution is -2.23. The number of fused-ring (bicyclic) bond motifs is 1. The number of halogens is 1. The number of anilines is 1. The van der Waals surface area contributed by atoms with Crippen molar-refractivity contribution in [2.24, 2.45) is 0 Å². The first-order valence-electron chi connectivity index (χ1n) is 8.56. The topological polar surface area (TPSA) is 118 Å². The van der Waals surface area contributed by atoms with Crippen molar-refractivity contribution >= 4 is 35.1 Å². The van der Waals surface area contributed by atoms with Crippen molar-refractivity contribution in [2.45, 2.75) is 13.0 Å². The lowest BCUT2D eigenvalue weighted by molar-refractivity contribution is -0.116. The SMILES string of the molecule is COC(=O)c1cc(C(=O)OC)n(CC(=O)Nc2cc3c(cc2Cl)OCCCO3)n1. The molecule has 0 fully saturated rings. The van der Waals surface area contributed by atoms with E-state index >= 15 is 0 Å². The van der Waals surface area contributed by atoms with Gasteiger partial charge < -0.3 is 24.3 Å². The maximum atomic E-state index is 12.5. The summed E-state index contributed by atoms with van der Waals surface area (Å²) in [5.41, 5.74) is 0.100. The second kappa shape index (κ2) is 8.82. The van der Waals surface area contributed by atoms with Gasteiger partial charge >= 0.3 is 11.9 Å². The first kappa shape index (κ1) is 20.5. The molecule has 29 heavy (non-hydrogen) atoms. The Morgan fingerprint density at radius 2 is 1.76 bits per heavy atom. The molecule has 0 radical (unpaired) electrons. The number of aromatic nitrogens is 2. The molecule has 0 saturated carbocycles. The summed E-state index contributed by atoms with van der Waals surface area (Å²) in [6.45, 7) is 0.619. The number of ether oxygens (including phenoxy) is 4. The van der Waals surface area contributed by atoms with Crippen LogP contribution in [0.25, 0.3) is 0 Å². The number of rotatable bonds is 5. The molecule has 1 amide bonds. The highest BCUT2D eigenvalue weighted by Crippen LogP contribution is 2.37. The van der Waals surface area contributed by atoms with Gasteiger partial charge in [-0.25, -0.2) is 14.3 Å². The summed E-state index contributed by atoms with van der Waals surface area (Å²) in [4.78, 5) is 36.1. The first-order chi connectivity index (χ1) is 13.9. The predicted molar refractivity (Wildman–Crippen MR) is 101 cm³/mol. The summed E-state index contributed by atoms with van der Waals surface area (Å²) in [5, 5.41) is 6.83. The number of esters is 2. The average molecular weight is 424 g/mol. The first-order valence-corrected chi connectivity index (χ1v) is 8.94. The molecule has 0 bridgehead atoms. The highest BCUT2D eigenvalue weighted by atomic mass is 35.5. The molecule has 0 unspecified atom stereocenters. The van der Waals surface area contributed by atoms with E-state index in [0.717, 1.165) is 11.1 Å². The van der Waals surface area contributed by atoms with E-state index in [1.807, 2.05) is 0 Å². The van der Waals surface area contributed by atoms with Gasteiger partial charge in [-0.1, -0.05) is 11.6 Å². The number of nitrogens with one attached hydrogen (secondary N) is 1. The smallest absolute Gasteiger partial charge is 0.358 e. The summed E-state index contributed by atoms with van der Waals surface area (Å²) >= 11 is 6.22. The Morgan fingerprint density at radius 1 is 1.10 bits per heavy atom. The predicted octanol–water partition coefficient (Wildman–Crippen LogP) is 1.91. The molecule has 10 nitrogen and oxygen atoms in total. The zero-order valence-electron chi connectivity index (χ0n) is 15.7. The number of carbonyl (C=O) groups excluding carboxylic acids is 3. The molecular formula is C18H18ClN3O7. The molecule has 1 aromatic heterocycles. The number of methoxy groups -OCH3 is 2. The molecule has 154 valence electrons. The summed E-state index contributed by atoms with van der Waals surface area (Å²) < 4.78 is 21.4. The van der Waals surface area contributed by atoms with E-state index < -0.39 is 17.8 Å². The summed E-state index contributed by atoms with van der Waals surface area (Å²) in [5.74, 6) is -1.09. The maximum absolute atomic E-state index is 12.5. The zero-order valence-corrected chi connectivity index (χ0v) is 16.4. The van der Waals surface area contributed by atoms with E-state index in [1.165, 1.54) is 20.3 Å². The largest absolute Gasteiger partial charge is 0.490 e. The van der Waals surface area contributed by atoms with Crippen molar-refractivity contribution in [3.8, 4) is 11.5 Å². The number of hydrogen-bond donors (Lipinski definition) is 1. The second-order valence-corrected chi connectivity index (χ2v) is 6.34. The molecule has 2 heterocycles. The number of benzene rings is 1. The van der Waals surface area contributed by atoms with E-state index in [2.05, 4.69) is 19.9 Å².